The molecule has 0 aromatic heterocycles. The second-order valence-electron chi connectivity index (χ2n) is 5.29. The van der Waals surface area contributed by atoms with E-state index in [1.165, 1.54) is 0 Å². The third-order valence-corrected chi connectivity index (χ3v) is 2.76. The zero-order valence-electron chi connectivity index (χ0n) is 12.4. The number of benzene rings is 1. The lowest BCUT2D eigenvalue weighted by Gasteiger charge is -2.18. The summed E-state index contributed by atoms with van der Waals surface area (Å²) in [4.78, 5) is 0. The average Bonchev–Trinajstić information content (AvgIpc) is 2.31. The van der Waals surface area contributed by atoms with Gasteiger partial charge in [-0.05, 0) is 32.4 Å². The van der Waals surface area contributed by atoms with Crippen molar-refractivity contribution in [2.75, 3.05) is 13.7 Å². The van der Waals surface area contributed by atoms with Gasteiger partial charge >= 0.3 is 0 Å². The Morgan fingerprint density at radius 1 is 1.21 bits per heavy atom. The molecule has 3 nitrogen and oxygen atoms in total. The molecule has 4 heteroatoms. The van der Waals surface area contributed by atoms with Crippen molar-refractivity contribution in [3.05, 3.63) is 22.7 Å². The van der Waals surface area contributed by atoms with Crippen molar-refractivity contribution in [2.24, 2.45) is 5.92 Å². The Morgan fingerprint density at radius 3 is 2.42 bits per heavy atom. The first kappa shape index (κ1) is 16.1. The Kier molecular flexibility index (Phi) is 6.46. The molecule has 0 amide bonds. The Bertz CT molecular complexity index is 405. The Balaban J connectivity index is 2.94. The number of nitrogens with one attached hydrogen (secondary N) is 1. The zero-order chi connectivity index (χ0) is 14.4. The van der Waals surface area contributed by atoms with Gasteiger partial charge < -0.3 is 14.8 Å². The van der Waals surface area contributed by atoms with Crippen molar-refractivity contribution < 1.29 is 9.47 Å². The molecule has 0 bridgehead atoms. The first-order chi connectivity index (χ1) is 8.93. The van der Waals surface area contributed by atoms with Gasteiger partial charge in [0.05, 0.1) is 13.2 Å². The molecule has 0 radical (unpaired) electrons. The predicted molar refractivity (Wildman–Crippen MR) is 80.3 cm³/mol. The number of rotatable bonds is 7. The lowest BCUT2D eigenvalue weighted by Crippen LogP contribution is -2.20. The lowest BCUT2D eigenvalue weighted by molar-refractivity contribution is 0.227. The van der Waals surface area contributed by atoms with Crippen molar-refractivity contribution in [3.63, 3.8) is 0 Å². The molecule has 0 aliphatic rings. The van der Waals surface area contributed by atoms with Crippen molar-refractivity contribution in [3.8, 4) is 11.5 Å². The fraction of sp³-hybridized carbons (Fsp3) is 0.600. The van der Waals surface area contributed by atoms with Crippen LogP contribution in [0.1, 0.15) is 33.3 Å². The SMILES string of the molecule is COc1cc(Cl)cc(CNCC(C)C)c1OC(C)C. The summed E-state index contributed by atoms with van der Waals surface area (Å²) in [6.07, 6.45) is 0.0962. The molecular weight excluding hydrogens is 262 g/mol. The lowest BCUT2D eigenvalue weighted by atomic mass is 10.1. The van der Waals surface area contributed by atoms with Crippen LogP contribution in [0.4, 0.5) is 0 Å². The molecule has 0 saturated carbocycles. The van der Waals surface area contributed by atoms with Crippen LogP contribution in [0.2, 0.25) is 5.02 Å². The molecule has 1 rings (SSSR count). The van der Waals surface area contributed by atoms with Gasteiger partial charge in [-0.2, -0.15) is 0 Å². The van der Waals surface area contributed by atoms with Crippen LogP contribution in [0.15, 0.2) is 12.1 Å². The monoisotopic (exact) mass is 285 g/mol. The Hall–Kier alpha value is -0.930. The summed E-state index contributed by atoms with van der Waals surface area (Å²) >= 11 is 6.12. The minimum atomic E-state index is 0.0962. The van der Waals surface area contributed by atoms with E-state index in [1.807, 2.05) is 19.9 Å². The Labute approximate surface area is 121 Å². The van der Waals surface area contributed by atoms with Gasteiger partial charge in [-0.3, -0.25) is 0 Å². The number of hydrogen-bond donors (Lipinski definition) is 1. The Morgan fingerprint density at radius 2 is 1.89 bits per heavy atom. The van der Waals surface area contributed by atoms with E-state index in [4.69, 9.17) is 21.1 Å². The van der Waals surface area contributed by atoms with Crippen molar-refractivity contribution in [2.45, 2.75) is 40.3 Å². The number of halogens is 1. The normalized spacial score (nSPS) is 11.2. The van der Waals surface area contributed by atoms with Crippen LogP contribution in [0, 0.1) is 5.92 Å². The maximum atomic E-state index is 6.12. The van der Waals surface area contributed by atoms with Crippen LogP contribution >= 0.6 is 11.6 Å². The largest absolute Gasteiger partial charge is 0.493 e. The van der Waals surface area contributed by atoms with E-state index in [9.17, 15) is 0 Å². The highest BCUT2D eigenvalue weighted by Gasteiger charge is 2.14. The summed E-state index contributed by atoms with van der Waals surface area (Å²) < 4.78 is 11.2. The van der Waals surface area contributed by atoms with Crippen LogP contribution in [-0.4, -0.2) is 19.8 Å². The third-order valence-electron chi connectivity index (χ3n) is 2.54. The van der Waals surface area contributed by atoms with Gasteiger partial charge in [0.2, 0.25) is 0 Å². The molecule has 0 aliphatic carbocycles. The molecule has 0 heterocycles. The summed E-state index contributed by atoms with van der Waals surface area (Å²) in [7, 11) is 1.63. The molecule has 108 valence electrons. The molecule has 0 spiro atoms. The molecule has 19 heavy (non-hydrogen) atoms. The van der Waals surface area contributed by atoms with E-state index >= 15 is 0 Å². The van der Waals surface area contributed by atoms with E-state index in [2.05, 4.69) is 19.2 Å². The summed E-state index contributed by atoms with van der Waals surface area (Å²) in [6.45, 7) is 10.0. The molecule has 0 aliphatic heterocycles. The average molecular weight is 286 g/mol. The molecule has 1 aromatic rings. The number of methoxy groups -OCH3 is 1. The topological polar surface area (TPSA) is 30.5 Å². The summed E-state index contributed by atoms with van der Waals surface area (Å²) in [5.41, 5.74) is 1.03. The second-order valence-corrected chi connectivity index (χ2v) is 5.72. The number of hydrogen-bond acceptors (Lipinski definition) is 3. The highest BCUT2D eigenvalue weighted by Crippen LogP contribution is 2.35. The van der Waals surface area contributed by atoms with Crippen molar-refractivity contribution in [1.29, 1.82) is 0 Å². The number of ether oxygens (including phenoxy) is 2. The van der Waals surface area contributed by atoms with Gasteiger partial charge in [0.15, 0.2) is 11.5 Å². The molecular formula is C15H24ClNO2. The minimum Gasteiger partial charge on any atom is -0.493 e. The van der Waals surface area contributed by atoms with E-state index < -0.39 is 0 Å². The first-order valence-corrected chi connectivity index (χ1v) is 7.05. The smallest absolute Gasteiger partial charge is 0.166 e. The molecule has 0 unspecified atom stereocenters. The highest BCUT2D eigenvalue weighted by atomic mass is 35.5. The van der Waals surface area contributed by atoms with Crippen LogP contribution in [0.3, 0.4) is 0 Å². The molecule has 0 fully saturated rings. The van der Waals surface area contributed by atoms with Gasteiger partial charge in [0, 0.05) is 23.2 Å². The quantitative estimate of drug-likeness (QED) is 0.825. The van der Waals surface area contributed by atoms with Crippen LogP contribution in [0.25, 0.3) is 0 Å². The van der Waals surface area contributed by atoms with Crippen LogP contribution < -0.4 is 14.8 Å². The maximum Gasteiger partial charge on any atom is 0.166 e. The van der Waals surface area contributed by atoms with Crippen molar-refractivity contribution >= 4 is 11.6 Å². The minimum absolute atomic E-state index is 0.0962. The molecule has 1 aromatic carbocycles. The molecule has 0 saturated heterocycles. The van der Waals surface area contributed by atoms with Crippen molar-refractivity contribution in [1.82, 2.24) is 5.32 Å². The van der Waals surface area contributed by atoms with Crippen LogP contribution in [0.5, 0.6) is 11.5 Å². The van der Waals surface area contributed by atoms with E-state index in [-0.39, 0.29) is 6.10 Å². The van der Waals surface area contributed by atoms with Gasteiger partial charge in [-0.1, -0.05) is 25.4 Å². The maximum absolute atomic E-state index is 6.12. The van der Waals surface area contributed by atoms with Crippen LogP contribution in [-0.2, 0) is 6.54 Å². The molecule has 1 N–H and O–H groups in total. The zero-order valence-corrected chi connectivity index (χ0v) is 13.2. The summed E-state index contributed by atoms with van der Waals surface area (Å²) in [6, 6.07) is 3.71. The fourth-order valence-corrected chi connectivity index (χ4v) is 2.00. The predicted octanol–water partition coefficient (Wildman–Crippen LogP) is 3.88. The second kappa shape index (κ2) is 7.61. The highest BCUT2D eigenvalue weighted by molar-refractivity contribution is 6.30. The summed E-state index contributed by atoms with van der Waals surface area (Å²) in [5.74, 6) is 2.07. The summed E-state index contributed by atoms with van der Waals surface area (Å²) in [5, 5.41) is 4.06. The van der Waals surface area contributed by atoms with Gasteiger partial charge in [-0.25, -0.2) is 0 Å². The van der Waals surface area contributed by atoms with Gasteiger partial charge in [0.25, 0.3) is 0 Å². The van der Waals surface area contributed by atoms with E-state index in [1.54, 1.807) is 13.2 Å². The van der Waals surface area contributed by atoms with E-state index in [0.717, 1.165) is 24.4 Å². The van der Waals surface area contributed by atoms with Gasteiger partial charge in [0.1, 0.15) is 0 Å². The van der Waals surface area contributed by atoms with E-state index in [0.29, 0.717) is 16.7 Å². The molecule has 0 atom stereocenters. The standard InChI is InChI=1S/C15H24ClNO2/c1-10(2)8-17-9-12-6-13(16)7-14(18-5)15(12)19-11(3)4/h6-7,10-11,17H,8-9H2,1-5H3. The fourth-order valence-electron chi connectivity index (χ4n) is 1.77. The third kappa shape index (κ3) is 5.29. The first-order valence-electron chi connectivity index (χ1n) is 6.67. The van der Waals surface area contributed by atoms with Gasteiger partial charge in [-0.15, -0.1) is 0 Å².